The van der Waals surface area contributed by atoms with Gasteiger partial charge in [0.25, 0.3) is 0 Å². The van der Waals surface area contributed by atoms with E-state index in [1.807, 2.05) is 13.8 Å². The third kappa shape index (κ3) is 3.11. The largest absolute Gasteiger partial charge is 0.374 e. The average Bonchev–Trinajstić information content (AvgIpc) is 2.41. The molecule has 0 spiro atoms. The summed E-state index contributed by atoms with van der Waals surface area (Å²) in [6, 6.07) is 4.02. The Balaban J connectivity index is 2.14. The van der Waals surface area contributed by atoms with Gasteiger partial charge in [0.1, 0.15) is 0 Å². The molecule has 1 aromatic rings. The number of nitrogens with zero attached hydrogens (tertiary/aromatic N) is 1. The van der Waals surface area contributed by atoms with Crippen molar-refractivity contribution >= 4 is 0 Å². The highest BCUT2D eigenvalue weighted by molar-refractivity contribution is 5.22. The first-order valence-corrected chi connectivity index (χ1v) is 6.56. The fourth-order valence-electron chi connectivity index (χ4n) is 2.41. The van der Waals surface area contributed by atoms with Crippen molar-refractivity contribution in [3.8, 4) is 0 Å². The van der Waals surface area contributed by atoms with Gasteiger partial charge in [-0.05, 0) is 19.9 Å². The zero-order chi connectivity index (χ0) is 14.0. The van der Waals surface area contributed by atoms with E-state index in [1.54, 1.807) is 6.07 Å². The summed E-state index contributed by atoms with van der Waals surface area (Å²) >= 11 is 0. The molecule has 0 aliphatic carbocycles. The van der Waals surface area contributed by atoms with Gasteiger partial charge in [-0.2, -0.15) is 0 Å². The number of hydrogen-bond donors (Lipinski definition) is 1. The number of benzene rings is 1. The minimum absolute atomic E-state index is 0.0622. The Kier molecular flexibility index (Phi) is 4.50. The first-order chi connectivity index (χ1) is 9.00. The van der Waals surface area contributed by atoms with Crippen LogP contribution in [0.3, 0.4) is 0 Å². The standard InChI is InChI=1S/C14H20F2N2O/c1-9(17)13-8-18(6-7-19-13)10(2)11-4-3-5-12(15)14(11)16/h3-5,9-10,13H,6-8,17H2,1-2H3. The second-order valence-corrected chi connectivity index (χ2v) is 5.08. The van der Waals surface area contributed by atoms with Crippen molar-refractivity contribution in [3.63, 3.8) is 0 Å². The lowest BCUT2D eigenvalue weighted by Gasteiger charge is -2.38. The van der Waals surface area contributed by atoms with E-state index in [2.05, 4.69) is 4.90 Å². The second-order valence-electron chi connectivity index (χ2n) is 5.08. The van der Waals surface area contributed by atoms with E-state index in [0.717, 1.165) is 6.07 Å². The molecule has 19 heavy (non-hydrogen) atoms. The number of nitrogens with two attached hydrogens (primary N) is 1. The van der Waals surface area contributed by atoms with Crippen molar-refractivity contribution in [3.05, 3.63) is 35.4 Å². The summed E-state index contributed by atoms with van der Waals surface area (Å²) < 4.78 is 32.7. The second kappa shape index (κ2) is 5.94. The minimum Gasteiger partial charge on any atom is -0.374 e. The highest BCUT2D eigenvalue weighted by Gasteiger charge is 2.28. The first-order valence-electron chi connectivity index (χ1n) is 6.56. The maximum atomic E-state index is 13.8. The molecule has 1 heterocycles. The molecule has 3 nitrogen and oxygen atoms in total. The summed E-state index contributed by atoms with van der Waals surface area (Å²) in [5, 5.41) is 0. The van der Waals surface area contributed by atoms with Crippen LogP contribution in [0.15, 0.2) is 18.2 Å². The molecular formula is C14H20F2N2O. The van der Waals surface area contributed by atoms with Gasteiger partial charge in [0.2, 0.25) is 0 Å². The summed E-state index contributed by atoms with van der Waals surface area (Å²) in [5.74, 6) is -1.57. The first kappa shape index (κ1) is 14.4. The van der Waals surface area contributed by atoms with Crippen LogP contribution in [0, 0.1) is 11.6 Å². The lowest BCUT2D eigenvalue weighted by Crippen LogP contribution is -2.50. The molecular weight excluding hydrogens is 250 g/mol. The van der Waals surface area contributed by atoms with Crippen LogP contribution in [0.5, 0.6) is 0 Å². The van der Waals surface area contributed by atoms with Crippen molar-refractivity contribution in [2.75, 3.05) is 19.7 Å². The number of morpholine rings is 1. The van der Waals surface area contributed by atoms with E-state index in [0.29, 0.717) is 25.3 Å². The molecule has 0 saturated carbocycles. The van der Waals surface area contributed by atoms with Crippen molar-refractivity contribution in [1.82, 2.24) is 4.90 Å². The molecule has 1 aliphatic heterocycles. The van der Waals surface area contributed by atoms with E-state index in [4.69, 9.17) is 10.5 Å². The molecule has 0 amide bonds. The van der Waals surface area contributed by atoms with Crippen LogP contribution in [-0.4, -0.2) is 36.7 Å². The molecule has 0 aromatic heterocycles. The molecule has 0 radical (unpaired) electrons. The van der Waals surface area contributed by atoms with Gasteiger partial charge in [-0.25, -0.2) is 8.78 Å². The van der Waals surface area contributed by atoms with Gasteiger partial charge in [-0.15, -0.1) is 0 Å². The van der Waals surface area contributed by atoms with Crippen LogP contribution in [0.1, 0.15) is 25.5 Å². The predicted octanol–water partition coefficient (Wildman–Crippen LogP) is 2.07. The Bertz CT molecular complexity index is 439. The molecule has 2 N–H and O–H groups in total. The molecule has 2 rings (SSSR count). The van der Waals surface area contributed by atoms with E-state index < -0.39 is 11.6 Å². The van der Waals surface area contributed by atoms with Crippen LogP contribution >= 0.6 is 0 Å². The highest BCUT2D eigenvalue weighted by atomic mass is 19.2. The molecule has 1 saturated heterocycles. The third-order valence-electron chi connectivity index (χ3n) is 3.69. The summed E-state index contributed by atoms with van der Waals surface area (Å²) in [5.41, 5.74) is 6.22. The third-order valence-corrected chi connectivity index (χ3v) is 3.69. The van der Waals surface area contributed by atoms with Crippen LogP contribution in [-0.2, 0) is 4.74 Å². The molecule has 3 unspecified atom stereocenters. The van der Waals surface area contributed by atoms with Gasteiger partial charge < -0.3 is 10.5 Å². The maximum absolute atomic E-state index is 13.8. The summed E-state index contributed by atoms with van der Waals surface area (Å²) in [7, 11) is 0. The Morgan fingerprint density at radius 2 is 2.11 bits per heavy atom. The molecule has 1 aromatic carbocycles. The zero-order valence-electron chi connectivity index (χ0n) is 11.3. The van der Waals surface area contributed by atoms with E-state index >= 15 is 0 Å². The van der Waals surface area contributed by atoms with Crippen molar-refractivity contribution in [2.24, 2.45) is 5.73 Å². The molecule has 1 aliphatic rings. The highest BCUT2D eigenvalue weighted by Crippen LogP contribution is 2.26. The lowest BCUT2D eigenvalue weighted by atomic mass is 10.0. The molecule has 5 heteroatoms. The Hall–Kier alpha value is -1.04. The van der Waals surface area contributed by atoms with Crippen LogP contribution < -0.4 is 5.73 Å². The number of hydrogen-bond acceptors (Lipinski definition) is 3. The van der Waals surface area contributed by atoms with Crippen molar-refractivity contribution in [2.45, 2.75) is 32.0 Å². The fraction of sp³-hybridized carbons (Fsp3) is 0.571. The minimum atomic E-state index is -0.804. The molecule has 1 fully saturated rings. The summed E-state index contributed by atoms with van der Waals surface area (Å²) in [4.78, 5) is 2.08. The van der Waals surface area contributed by atoms with Crippen LogP contribution in [0.2, 0.25) is 0 Å². The van der Waals surface area contributed by atoms with Crippen molar-refractivity contribution in [1.29, 1.82) is 0 Å². The Labute approximate surface area is 112 Å². The van der Waals surface area contributed by atoms with Gasteiger partial charge in [-0.1, -0.05) is 12.1 Å². The van der Waals surface area contributed by atoms with E-state index in [1.165, 1.54) is 6.07 Å². The predicted molar refractivity (Wildman–Crippen MR) is 69.7 cm³/mol. The van der Waals surface area contributed by atoms with Crippen LogP contribution in [0.4, 0.5) is 8.78 Å². The van der Waals surface area contributed by atoms with Crippen molar-refractivity contribution < 1.29 is 13.5 Å². The maximum Gasteiger partial charge on any atom is 0.163 e. The topological polar surface area (TPSA) is 38.5 Å². The van der Waals surface area contributed by atoms with E-state index in [-0.39, 0.29) is 18.2 Å². The fourth-order valence-corrected chi connectivity index (χ4v) is 2.41. The molecule has 0 bridgehead atoms. The van der Waals surface area contributed by atoms with Gasteiger partial charge in [0, 0.05) is 30.7 Å². The normalized spacial score (nSPS) is 24.2. The number of halogens is 2. The number of ether oxygens (including phenoxy) is 1. The summed E-state index contributed by atoms with van der Waals surface area (Å²) in [6.45, 7) is 5.66. The van der Waals surface area contributed by atoms with Crippen LogP contribution in [0.25, 0.3) is 0 Å². The Morgan fingerprint density at radius 3 is 2.79 bits per heavy atom. The van der Waals surface area contributed by atoms with Gasteiger partial charge in [-0.3, -0.25) is 4.90 Å². The Morgan fingerprint density at radius 1 is 1.37 bits per heavy atom. The average molecular weight is 270 g/mol. The number of rotatable bonds is 3. The van der Waals surface area contributed by atoms with Gasteiger partial charge in [0.15, 0.2) is 11.6 Å². The van der Waals surface area contributed by atoms with Gasteiger partial charge in [0.05, 0.1) is 12.7 Å². The SMILES string of the molecule is CC(N)C1CN(C(C)c2cccc(F)c2F)CCO1. The smallest absolute Gasteiger partial charge is 0.163 e. The molecule has 106 valence electrons. The van der Waals surface area contributed by atoms with E-state index in [9.17, 15) is 8.78 Å². The van der Waals surface area contributed by atoms with Gasteiger partial charge >= 0.3 is 0 Å². The zero-order valence-corrected chi connectivity index (χ0v) is 11.3. The monoisotopic (exact) mass is 270 g/mol. The molecule has 3 atom stereocenters. The quantitative estimate of drug-likeness (QED) is 0.914. The lowest BCUT2D eigenvalue weighted by molar-refractivity contribution is -0.0502. The summed E-state index contributed by atoms with van der Waals surface area (Å²) in [6.07, 6.45) is -0.0622.